The lowest BCUT2D eigenvalue weighted by molar-refractivity contribution is -0.136. The molecule has 1 aromatic rings. The van der Waals surface area contributed by atoms with Crippen molar-refractivity contribution in [2.24, 2.45) is 0 Å². The van der Waals surface area contributed by atoms with Gasteiger partial charge in [0, 0.05) is 18.7 Å². The first-order chi connectivity index (χ1) is 8.74. The van der Waals surface area contributed by atoms with E-state index in [-0.39, 0.29) is 5.92 Å². The lowest BCUT2D eigenvalue weighted by Crippen LogP contribution is -2.25. The van der Waals surface area contributed by atoms with Crippen LogP contribution < -0.4 is 10.6 Å². The highest BCUT2D eigenvalue weighted by Gasteiger charge is 2.30. The summed E-state index contributed by atoms with van der Waals surface area (Å²) in [5.74, 6) is 1.18. The Morgan fingerprint density at radius 1 is 1.16 bits per heavy atom. The van der Waals surface area contributed by atoms with Gasteiger partial charge in [0.2, 0.25) is 0 Å². The molecule has 0 radical (unpaired) electrons. The Kier molecular flexibility index (Phi) is 4.97. The Hall–Kier alpha value is -1.53. The third kappa shape index (κ3) is 4.57. The van der Waals surface area contributed by atoms with E-state index in [0.29, 0.717) is 11.6 Å². The van der Waals surface area contributed by atoms with Crippen molar-refractivity contribution in [1.82, 2.24) is 9.97 Å². The molecule has 0 amide bonds. The van der Waals surface area contributed by atoms with Crippen LogP contribution in [0, 0.1) is 0 Å². The van der Waals surface area contributed by atoms with E-state index < -0.39 is 18.6 Å². The number of alkyl halides is 3. The van der Waals surface area contributed by atoms with Gasteiger partial charge in [-0.3, -0.25) is 0 Å². The quantitative estimate of drug-likeness (QED) is 0.865. The Morgan fingerprint density at radius 3 is 2.21 bits per heavy atom. The molecule has 4 nitrogen and oxygen atoms in total. The highest BCUT2D eigenvalue weighted by Crippen LogP contribution is 2.30. The number of rotatable bonds is 5. The minimum atomic E-state index is -4.19. The largest absolute Gasteiger partial charge is 0.391 e. The Labute approximate surface area is 110 Å². The summed E-state index contributed by atoms with van der Waals surface area (Å²) in [6, 6.07) is -0.739. The van der Waals surface area contributed by atoms with Gasteiger partial charge < -0.3 is 10.6 Å². The second-order valence-electron chi connectivity index (χ2n) is 4.75. The van der Waals surface area contributed by atoms with Crippen LogP contribution in [0.15, 0.2) is 6.33 Å². The third-order valence-electron chi connectivity index (χ3n) is 2.62. The number of hydrogen-bond donors (Lipinski definition) is 2. The van der Waals surface area contributed by atoms with Crippen molar-refractivity contribution in [2.75, 3.05) is 17.7 Å². The standard InChI is InChI=1S/C12H19F3N4/c1-7(2)9-10(16-4)17-6-18-11(9)19-8(3)5-12(13,14)15/h6-8H,5H2,1-4H3,(H2,16,17,18,19). The number of nitrogens with zero attached hydrogens (tertiary/aromatic N) is 2. The average molecular weight is 276 g/mol. The van der Waals surface area contributed by atoms with Crippen LogP contribution in [0.3, 0.4) is 0 Å². The molecule has 0 spiro atoms. The molecule has 0 aliphatic carbocycles. The molecule has 2 N–H and O–H groups in total. The molecule has 1 rings (SSSR count). The van der Waals surface area contributed by atoms with E-state index in [1.165, 1.54) is 13.3 Å². The summed E-state index contributed by atoms with van der Waals surface area (Å²) in [5.41, 5.74) is 0.791. The molecule has 108 valence electrons. The predicted octanol–water partition coefficient (Wildman–Crippen LogP) is 3.39. The number of anilines is 2. The highest BCUT2D eigenvalue weighted by atomic mass is 19.4. The normalized spacial score (nSPS) is 13.5. The van der Waals surface area contributed by atoms with E-state index in [1.54, 1.807) is 7.05 Å². The van der Waals surface area contributed by atoms with E-state index in [9.17, 15) is 13.2 Å². The van der Waals surface area contributed by atoms with Crippen LogP contribution in [0.1, 0.15) is 38.7 Å². The Bertz CT molecular complexity index is 418. The smallest absolute Gasteiger partial charge is 0.373 e. The summed E-state index contributed by atoms with van der Waals surface area (Å²) in [6.07, 6.45) is -3.76. The summed E-state index contributed by atoms with van der Waals surface area (Å²) in [7, 11) is 1.72. The van der Waals surface area contributed by atoms with E-state index in [4.69, 9.17) is 0 Å². The number of nitrogens with one attached hydrogen (secondary N) is 2. The average Bonchev–Trinajstić information content (AvgIpc) is 2.25. The Morgan fingerprint density at radius 2 is 1.74 bits per heavy atom. The fourth-order valence-corrected chi connectivity index (χ4v) is 1.89. The van der Waals surface area contributed by atoms with Crippen molar-refractivity contribution in [3.8, 4) is 0 Å². The molecule has 0 aliphatic rings. The maximum Gasteiger partial charge on any atom is 0.391 e. The first-order valence-corrected chi connectivity index (χ1v) is 6.10. The number of aromatic nitrogens is 2. The molecule has 0 fully saturated rings. The molecular weight excluding hydrogens is 257 g/mol. The zero-order valence-corrected chi connectivity index (χ0v) is 11.5. The summed E-state index contributed by atoms with van der Waals surface area (Å²) in [6.45, 7) is 5.37. The van der Waals surface area contributed by atoms with Gasteiger partial charge in [0.15, 0.2) is 0 Å². The fourth-order valence-electron chi connectivity index (χ4n) is 1.89. The SMILES string of the molecule is CNc1ncnc(NC(C)CC(F)(F)F)c1C(C)C. The van der Waals surface area contributed by atoms with Crippen molar-refractivity contribution in [2.45, 2.75) is 45.3 Å². The summed E-state index contributed by atoms with van der Waals surface area (Å²) >= 11 is 0. The van der Waals surface area contributed by atoms with E-state index in [1.807, 2.05) is 13.8 Å². The molecule has 0 aromatic carbocycles. The molecular formula is C12H19F3N4. The molecule has 1 atom stereocenters. The topological polar surface area (TPSA) is 49.8 Å². The molecule has 19 heavy (non-hydrogen) atoms. The second-order valence-corrected chi connectivity index (χ2v) is 4.75. The Balaban J connectivity index is 2.94. The van der Waals surface area contributed by atoms with Crippen molar-refractivity contribution >= 4 is 11.6 Å². The number of hydrogen-bond acceptors (Lipinski definition) is 4. The van der Waals surface area contributed by atoms with Gasteiger partial charge in [-0.1, -0.05) is 13.8 Å². The fraction of sp³-hybridized carbons (Fsp3) is 0.667. The third-order valence-corrected chi connectivity index (χ3v) is 2.62. The van der Waals surface area contributed by atoms with Crippen LogP contribution in [0.4, 0.5) is 24.8 Å². The molecule has 1 unspecified atom stereocenters. The maximum atomic E-state index is 12.3. The van der Waals surface area contributed by atoms with Crippen LogP contribution in [-0.4, -0.2) is 29.2 Å². The second kappa shape index (κ2) is 6.08. The van der Waals surface area contributed by atoms with Crippen LogP contribution in [0.25, 0.3) is 0 Å². The van der Waals surface area contributed by atoms with Crippen LogP contribution in [0.2, 0.25) is 0 Å². The van der Waals surface area contributed by atoms with Crippen molar-refractivity contribution < 1.29 is 13.2 Å². The minimum absolute atomic E-state index is 0.101. The van der Waals surface area contributed by atoms with Gasteiger partial charge in [-0.25, -0.2) is 9.97 Å². The monoisotopic (exact) mass is 276 g/mol. The molecule has 0 saturated heterocycles. The van der Waals surface area contributed by atoms with Crippen molar-refractivity contribution in [3.05, 3.63) is 11.9 Å². The molecule has 0 bridgehead atoms. The summed E-state index contributed by atoms with van der Waals surface area (Å²) in [5, 5.41) is 5.74. The molecule has 7 heteroatoms. The van der Waals surface area contributed by atoms with Gasteiger partial charge in [0.1, 0.15) is 18.0 Å². The lowest BCUT2D eigenvalue weighted by atomic mass is 10.0. The maximum absolute atomic E-state index is 12.3. The van der Waals surface area contributed by atoms with Gasteiger partial charge in [-0.05, 0) is 12.8 Å². The van der Waals surface area contributed by atoms with Crippen molar-refractivity contribution in [1.29, 1.82) is 0 Å². The summed E-state index contributed by atoms with van der Waals surface area (Å²) < 4.78 is 37.0. The van der Waals surface area contributed by atoms with Gasteiger partial charge >= 0.3 is 6.18 Å². The summed E-state index contributed by atoms with van der Waals surface area (Å²) in [4.78, 5) is 8.13. The van der Waals surface area contributed by atoms with E-state index >= 15 is 0 Å². The molecule has 1 heterocycles. The highest BCUT2D eigenvalue weighted by molar-refractivity contribution is 5.59. The predicted molar refractivity (Wildman–Crippen MR) is 69.4 cm³/mol. The first kappa shape index (κ1) is 15.5. The molecule has 0 saturated carbocycles. The van der Waals surface area contributed by atoms with Gasteiger partial charge in [-0.15, -0.1) is 0 Å². The minimum Gasteiger partial charge on any atom is -0.373 e. The van der Waals surface area contributed by atoms with Crippen LogP contribution in [0.5, 0.6) is 0 Å². The zero-order valence-electron chi connectivity index (χ0n) is 11.5. The van der Waals surface area contributed by atoms with Gasteiger partial charge in [-0.2, -0.15) is 13.2 Å². The van der Waals surface area contributed by atoms with E-state index in [2.05, 4.69) is 20.6 Å². The van der Waals surface area contributed by atoms with Gasteiger partial charge in [0.25, 0.3) is 0 Å². The van der Waals surface area contributed by atoms with Crippen molar-refractivity contribution in [3.63, 3.8) is 0 Å². The van der Waals surface area contributed by atoms with Crippen LogP contribution in [-0.2, 0) is 0 Å². The lowest BCUT2D eigenvalue weighted by Gasteiger charge is -2.21. The first-order valence-electron chi connectivity index (χ1n) is 6.10. The molecule has 0 aliphatic heterocycles. The molecule has 1 aromatic heterocycles. The van der Waals surface area contributed by atoms with Crippen LogP contribution >= 0.6 is 0 Å². The zero-order chi connectivity index (χ0) is 14.6. The van der Waals surface area contributed by atoms with Gasteiger partial charge in [0.05, 0.1) is 6.42 Å². The number of halogens is 3. The van der Waals surface area contributed by atoms with E-state index in [0.717, 1.165) is 5.56 Å².